The Hall–Kier alpha value is -0.130. The van der Waals surface area contributed by atoms with Gasteiger partial charge in [0.25, 0.3) is 0 Å². The van der Waals surface area contributed by atoms with Gasteiger partial charge in [-0.1, -0.05) is 6.92 Å². The maximum absolute atomic E-state index is 11.0. The monoisotopic (exact) mass is 195 g/mol. The van der Waals surface area contributed by atoms with Gasteiger partial charge in [-0.2, -0.15) is 0 Å². The molecule has 0 spiro atoms. The van der Waals surface area contributed by atoms with Gasteiger partial charge in [0.2, 0.25) is 10.0 Å². The van der Waals surface area contributed by atoms with Gasteiger partial charge in [0.1, 0.15) is 0 Å². The Balaban J connectivity index is 3.68. The Morgan fingerprint density at radius 1 is 1.50 bits per heavy atom. The van der Waals surface area contributed by atoms with Gasteiger partial charge in [-0.25, -0.2) is 13.1 Å². The first-order chi connectivity index (χ1) is 5.52. The van der Waals surface area contributed by atoms with E-state index in [-0.39, 0.29) is 11.7 Å². The van der Waals surface area contributed by atoms with Crippen molar-refractivity contribution in [3.8, 4) is 0 Å². The number of sulfonamides is 1. The molecule has 0 bridgehead atoms. The van der Waals surface area contributed by atoms with E-state index in [0.717, 1.165) is 0 Å². The average Bonchev–Trinajstić information content (AvgIpc) is 2.02. The SMILES string of the molecule is CCS(=O)(=O)NCC(C)COC. The minimum Gasteiger partial charge on any atom is -0.384 e. The van der Waals surface area contributed by atoms with Crippen molar-refractivity contribution in [1.82, 2.24) is 4.72 Å². The van der Waals surface area contributed by atoms with Gasteiger partial charge in [-0.15, -0.1) is 0 Å². The standard InChI is InChI=1S/C7H17NO3S/c1-4-12(9,10)8-5-7(2)6-11-3/h7-8H,4-6H2,1-3H3. The molecule has 0 saturated heterocycles. The predicted octanol–water partition coefficient (Wildman–Crippen LogP) is 0.208. The second kappa shape index (κ2) is 5.50. The lowest BCUT2D eigenvalue weighted by molar-refractivity contribution is 0.161. The normalized spacial score (nSPS) is 14.6. The molecule has 0 aromatic rings. The summed E-state index contributed by atoms with van der Waals surface area (Å²) in [6, 6.07) is 0. The second-order valence-electron chi connectivity index (χ2n) is 2.81. The highest BCUT2D eigenvalue weighted by atomic mass is 32.2. The van der Waals surface area contributed by atoms with Gasteiger partial charge in [0, 0.05) is 20.3 Å². The van der Waals surface area contributed by atoms with Crippen molar-refractivity contribution >= 4 is 10.0 Å². The Morgan fingerprint density at radius 3 is 2.50 bits per heavy atom. The largest absolute Gasteiger partial charge is 0.384 e. The Bertz CT molecular complexity index is 201. The molecule has 0 radical (unpaired) electrons. The molecule has 1 N–H and O–H groups in total. The fourth-order valence-corrected chi connectivity index (χ4v) is 1.46. The van der Waals surface area contributed by atoms with Crippen molar-refractivity contribution in [2.45, 2.75) is 13.8 Å². The van der Waals surface area contributed by atoms with Gasteiger partial charge in [0.15, 0.2) is 0 Å². The zero-order chi connectivity index (χ0) is 9.61. The van der Waals surface area contributed by atoms with Crippen molar-refractivity contribution < 1.29 is 13.2 Å². The zero-order valence-electron chi connectivity index (χ0n) is 7.83. The summed E-state index contributed by atoms with van der Waals surface area (Å²) in [6.45, 7) is 4.57. The van der Waals surface area contributed by atoms with Crippen LogP contribution in [-0.4, -0.2) is 34.4 Å². The molecule has 0 aromatic carbocycles. The summed E-state index contributed by atoms with van der Waals surface area (Å²) in [6.07, 6.45) is 0. The molecule has 0 aliphatic heterocycles. The summed E-state index contributed by atoms with van der Waals surface area (Å²) < 4.78 is 29.3. The number of nitrogens with one attached hydrogen (secondary N) is 1. The molecule has 4 nitrogen and oxygen atoms in total. The van der Waals surface area contributed by atoms with E-state index in [1.165, 1.54) is 0 Å². The van der Waals surface area contributed by atoms with Crippen LogP contribution in [-0.2, 0) is 14.8 Å². The summed E-state index contributed by atoms with van der Waals surface area (Å²) in [4.78, 5) is 0. The van der Waals surface area contributed by atoms with Crippen LogP contribution in [0.5, 0.6) is 0 Å². The van der Waals surface area contributed by atoms with E-state index in [9.17, 15) is 8.42 Å². The van der Waals surface area contributed by atoms with E-state index in [1.807, 2.05) is 6.92 Å². The van der Waals surface area contributed by atoms with Crippen LogP contribution in [0.25, 0.3) is 0 Å². The highest BCUT2D eigenvalue weighted by Gasteiger charge is 2.08. The molecule has 0 aromatic heterocycles. The van der Waals surface area contributed by atoms with Gasteiger partial charge in [0.05, 0.1) is 5.75 Å². The van der Waals surface area contributed by atoms with Crippen LogP contribution in [0.3, 0.4) is 0 Å². The van der Waals surface area contributed by atoms with Crippen molar-refractivity contribution in [3.05, 3.63) is 0 Å². The maximum atomic E-state index is 11.0. The number of hydrogen-bond donors (Lipinski definition) is 1. The molecule has 0 heterocycles. The summed E-state index contributed by atoms with van der Waals surface area (Å²) in [7, 11) is -1.44. The molecule has 5 heteroatoms. The third-order valence-electron chi connectivity index (χ3n) is 1.48. The van der Waals surface area contributed by atoms with E-state index in [2.05, 4.69) is 4.72 Å². The predicted molar refractivity (Wildman–Crippen MR) is 48.5 cm³/mol. The molecule has 0 fully saturated rings. The molecule has 0 aliphatic carbocycles. The van der Waals surface area contributed by atoms with E-state index in [1.54, 1.807) is 14.0 Å². The van der Waals surface area contributed by atoms with Crippen LogP contribution >= 0.6 is 0 Å². The Labute approximate surface area is 74.4 Å². The third kappa shape index (κ3) is 5.51. The maximum Gasteiger partial charge on any atom is 0.211 e. The smallest absolute Gasteiger partial charge is 0.211 e. The van der Waals surface area contributed by atoms with Crippen LogP contribution in [0.1, 0.15) is 13.8 Å². The van der Waals surface area contributed by atoms with Crippen molar-refractivity contribution in [2.75, 3.05) is 26.0 Å². The van der Waals surface area contributed by atoms with Gasteiger partial charge in [-0.3, -0.25) is 0 Å². The number of hydrogen-bond acceptors (Lipinski definition) is 3. The molecular formula is C7H17NO3S. The van der Waals surface area contributed by atoms with E-state index >= 15 is 0 Å². The topological polar surface area (TPSA) is 55.4 Å². The van der Waals surface area contributed by atoms with E-state index in [4.69, 9.17) is 4.74 Å². The fourth-order valence-electron chi connectivity index (χ4n) is 0.715. The lowest BCUT2D eigenvalue weighted by Gasteiger charge is -2.10. The first-order valence-electron chi connectivity index (χ1n) is 3.98. The molecule has 0 amide bonds. The zero-order valence-corrected chi connectivity index (χ0v) is 8.65. The number of rotatable bonds is 6. The van der Waals surface area contributed by atoms with Crippen LogP contribution in [0.2, 0.25) is 0 Å². The van der Waals surface area contributed by atoms with E-state index < -0.39 is 10.0 Å². The number of ether oxygens (including phenoxy) is 1. The first kappa shape index (κ1) is 11.9. The Morgan fingerprint density at radius 2 is 2.08 bits per heavy atom. The molecular weight excluding hydrogens is 178 g/mol. The first-order valence-corrected chi connectivity index (χ1v) is 5.63. The average molecular weight is 195 g/mol. The molecule has 1 unspecified atom stereocenters. The van der Waals surface area contributed by atoms with Gasteiger partial charge in [-0.05, 0) is 12.8 Å². The van der Waals surface area contributed by atoms with Crippen LogP contribution < -0.4 is 4.72 Å². The third-order valence-corrected chi connectivity index (χ3v) is 2.85. The second-order valence-corrected chi connectivity index (χ2v) is 4.91. The van der Waals surface area contributed by atoms with Crippen LogP contribution in [0.15, 0.2) is 0 Å². The molecule has 12 heavy (non-hydrogen) atoms. The highest BCUT2D eigenvalue weighted by Crippen LogP contribution is 1.93. The minimum absolute atomic E-state index is 0.132. The summed E-state index contributed by atoms with van der Waals surface area (Å²) >= 11 is 0. The van der Waals surface area contributed by atoms with Gasteiger partial charge < -0.3 is 4.74 Å². The number of methoxy groups -OCH3 is 1. The van der Waals surface area contributed by atoms with Crippen LogP contribution in [0, 0.1) is 5.92 Å². The molecule has 0 aliphatic rings. The quantitative estimate of drug-likeness (QED) is 0.659. The van der Waals surface area contributed by atoms with Crippen LogP contribution in [0.4, 0.5) is 0 Å². The molecule has 0 saturated carbocycles. The summed E-state index contributed by atoms with van der Waals surface area (Å²) in [5, 5.41) is 0. The highest BCUT2D eigenvalue weighted by molar-refractivity contribution is 7.89. The fraction of sp³-hybridized carbons (Fsp3) is 1.00. The van der Waals surface area contributed by atoms with Gasteiger partial charge >= 0.3 is 0 Å². The Kier molecular flexibility index (Phi) is 5.44. The summed E-state index contributed by atoms with van der Waals surface area (Å²) in [5.74, 6) is 0.350. The lowest BCUT2D eigenvalue weighted by Crippen LogP contribution is -2.31. The lowest BCUT2D eigenvalue weighted by atomic mass is 10.2. The minimum atomic E-state index is -3.04. The van der Waals surface area contributed by atoms with Crippen molar-refractivity contribution in [2.24, 2.45) is 5.92 Å². The summed E-state index contributed by atoms with van der Waals surface area (Å²) in [5.41, 5.74) is 0. The molecule has 0 rings (SSSR count). The van der Waals surface area contributed by atoms with E-state index in [0.29, 0.717) is 13.2 Å². The molecule has 74 valence electrons. The molecule has 1 atom stereocenters. The van der Waals surface area contributed by atoms with Crippen molar-refractivity contribution in [1.29, 1.82) is 0 Å². The van der Waals surface area contributed by atoms with Crippen molar-refractivity contribution in [3.63, 3.8) is 0 Å².